The van der Waals surface area contributed by atoms with Crippen molar-refractivity contribution in [3.05, 3.63) is 48.7 Å². The van der Waals surface area contributed by atoms with Crippen molar-refractivity contribution in [1.82, 2.24) is 25.0 Å². The molecule has 0 saturated carbocycles. The van der Waals surface area contributed by atoms with E-state index in [0.717, 1.165) is 37.1 Å². The molecule has 168 valence electrons. The number of nitrogens with two attached hydrogens (primary N) is 1. The lowest BCUT2D eigenvalue weighted by atomic mass is 10.0. The van der Waals surface area contributed by atoms with E-state index in [9.17, 15) is 9.90 Å². The van der Waals surface area contributed by atoms with Crippen molar-refractivity contribution in [3.63, 3.8) is 0 Å². The number of nitrogen functional groups attached to an aromatic ring is 1. The minimum absolute atomic E-state index is 0.0159. The Bertz CT molecular complexity index is 1300. The largest absolute Gasteiger partial charge is 0.507 e. The van der Waals surface area contributed by atoms with Crippen LogP contribution < -0.4 is 15.4 Å². The zero-order valence-electron chi connectivity index (χ0n) is 17.8. The number of fused-ring (bicyclic) bond motifs is 1. The van der Waals surface area contributed by atoms with E-state index in [2.05, 4.69) is 25.2 Å². The van der Waals surface area contributed by atoms with Crippen LogP contribution in [0.1, 0.15) is 18.9 Å². The van der Waals surface area contributed by atoms with Gasteiger partial charge >= 0.3 is 0 Å². The molecule has 0 amide bonds. The van der Waals surface area contributed by atoms with Crippen LogP contribution in [0, 0.1) is 0 Å². The highest BCUT2D eigenvalue weighted by Gasteiger charge is 2.25. The van der Waals surface area contributed by atoms with Gasteiger partial charge in [0.25, 0.3) is 0 Å². The molecule has 3 N–H and O–H groups in total. The quantitative estimate of drug-likeness (QED) is 0.430. The second-order valence-electron chi connectivity index (χ2n) is 7.86. The van der Waals surface area contributed by atoms with Gasteiger partial charge in [-0.1, -0.05) is 12.1 Å². The van der Waals surface area contributed by atoms with Crippen molar-refractivity contribution >= 4 is 28.8 Å². The van der Waals surface area contributed by atoms with Crippen LogP contribution in [0.3, 0.4) is 0 Å². The van der Waals surface area contributed by atoms with Crippen LogP contribution in [0.4, 0.5) is 11.5 Å². The summed E-state index contributed by atoms with van der Waals surface area (Å²) in [6.45, 7) is 1.61. The minimum Gasteiger partial charge on any atom is -0.507 e. The fourth-order valence-corrected chi connectivity index (χ4v) is 4.22. The van der Waals surface area contributed by atoms with Crippen LogP contribution in [0.5, 0.6) is 11.6 Å². The number of para-hydroxylation sites is 1. The van der Waals surface area contributed by atoms with E-state index in [1.807, 2.05) is 28.9 Å². The number of aromatic nitrogens is 5. The van der Waals surface area contributed by atoms with E-state index in [1.165, 1.54) is 0 Å². The molecule has 1 fully saturated rings. The summed E-state index contributed by atoms with van der Waals surface area (Å²) in [6, 6.07) is 12.8. The number of hydrogen-bond donors (Lipinski definition) is 2. The number of hydrogen-bond acceptors (Lipinski definition) is 9. The first-order valence-electron chi connectivity index (χ1n) is 10.7. The molecule has 33 heavy (non-hydrogen) atoms. The van der Waals surface area contributed by atoms with Gasteiger partial charge in [0, 0.05) is 36.6 Å². The highest BCUT2D eigenvalue weighted by Crippen LogP contribution is 2.33. The molecular weight excluding hydrogens is 422 g/mol. The lowest BCUT2D eigenvalue weighted by Gasteiger charge is -2.34. The van der Waals surface area contributed by atoms with Crippen LogP contribution in [-0.2, 0) is 4.79 Å². The van der Waals surface area contributed by atoms with E-state index < -0.39 is 0 Å². The molecular formula is C23H23N7O3. The maximum absolute atomic E-state index is 10.5. The number of phenols is 1. The number of carbonyl (C=O) groups excluding carboxylic acids is 1. The van der Waals surface area contributed by atoms with E-state index in [1.54, 1.807) is 24.4 Å². The molecule has 5 rings (SSSR count). The Labute approximate surface area is 189 Å². The normalized spacial score (nSPS) is 14.5. The standard InChI is InChI=1S/C23H23N7O3/c24-23-22-19(14-18(26-27-22)17-3-1-2-4-20(17)32)30(28-23)15-6-9-29(10-7-15)16-5-8-25-21(13-16)33-12-11-31/h1-5,8,11,13-15,32H,6-7,9-10,12H2,(H2,24,28). The summed E-state index contributed by atoms with van der Waals surface area (Å²) in [6.07, 6.45) is 4.10. The minimum atomic E-state index is -0.0159. The third-order valence-electron chi connectivity index (χ3n) is 5.85. The first-order chi connectivity index (χ1) is 16.1. The molecule has 0 atom stereocenters. The maximum atomic E-state index is 10.5. The SMILES string of the molecule is Nc1nn(C2CCN(c3ccnc(OCC=O)c3)CC2)c2cc(-c3ccccc3O)nnc12. The molecule has 1 aliphatic rings. The van der Waals surface area contributed by atoms with Gasteiger partial charge < -0.3 is 20.5 Å². The first-order valence-corrected chi connectivity index (χ1v) is 10.7. The summed E-state index contributed by atoms with van der Waals surface area (Å²) >= 11 is 0. The molecule has 0 aliphatic carbocycles. The van der Waals surface area contributed by atoms with Gasteiger partial charge in [-0.2, -0.15) is 5.10 Å². The topological polar surface area (TPSA) is 132 Å². The summed E-state index contributed by atoms with van der Waals surface area (Å²) < 4.78 is 7.26. The molecule has 0 bridgehead atoms. The van der Waals surface area contributed by atoms with E-state index >= 15 is 0 Å². The third-order valence-corrected chi connectivity index (χ3v) is 5.85. The number of anilines is 2. The number of aldehydes is 1. The number of pyridine rings is 1. The number of piperidine rings is 1. The molecule has 4 heterocycles. The number of ether oxygens (including phenoxy) is 1. The average molecular weight is 445 g/mol. The molecule has 3 aromatic heterocycles. The summed E-state index contributed by atoms with van der Waals surface area (Å²) in [5.41, 5.74) is 9.67. The second kappa shape index (κ2) is 8.73. The zero-order valence-corrected chi connectivity index (χ0v) is 17.8. The first kappa shape index (κ1) is 20.7. The number of aromatic hydroxyl groups is 1. The van der Waals surface area contributed by atoms with Crippen molar-refractivity contribution in [3.8, 4) is 22.9 Å². The van der Waals surface area contributed by atoms with Gasteiger partial charge in [0.05, 0.1) is 17.3 Å². The van der Waals surface area contributed by atoms with Gasteiger partial charge in [-0.3, -0.25) is 9.48 Å². The Hall–Kier alpha value is -4.21. The Morgan fingerprint density at radius 2 is 1.97 bits per heavy atom. The average Bonchev–Trinajstić information content (AvgIpc) is 3.19. The lowest BCUT2D eigenvalue weighted by Crippen LogP contribution is -2.35. The zero-order chi connectivity index (χ0) is 22.8. The predicted molar refractivity (Wildman–Crippen MR) is 123 cm³/mol. The number of nitrogens with zero attached hydrogens (tertiary/aromatic N) is 6. The van der Waals surface area contributed by atoms with Gasteiger partial charge in [-0.15, -0.1) is 10.2 Å². The van der Waals surface area contributed by atoms with Crippen LogP contribution in [-0.4, -0.2) is 56.1 Å². The Kier molecular flexibility index (Phi) is 5.47. The van der Waals surface area contributed by atoms with Gasteiger partial charge in [0.15, 0.2) is 17.6 Å². The summed E-state index contributed by atoms with van der Waals surface area (Å²) in [7, 11) is 0. The van der Waals surface area contributed by atoms with Crippen molar-refractivity contribution in [2.24, 2.45) is 0 Å². The van der Waals surface area contributed by atoms with Crippen molar-refractivity contribution in [2.45, 2.75) is 18.9 Å². The second-order valence-corrected chi connectivity index (χ2v) is 7.86. The van der Waals surface area contributed by atoms with E-state index in [0.29, 0.717) is 34.8 Å². The van der Waals surface area contributed by atoms with Crippen LogP contribution >= 0.6 is 0 Å². The Balaban J connectivity index is 1.38. The monoisotopic (exact) mass is 445 g/mol. The van der Waals surface area contributed by atoms with Crippen LogP contribution in [0.2, 0.25) is 0 Å². The molecule has 10 heteroatoms. The molecule has 0 radical (unpaired) electrons. The van der Waals surface area contributed by atoms with Gasteiger partial charge in [-0.25, -0.2) is 4.98 Å². The smallest absolute Gasteiger partial charge is 0.215 e. The molecule has 4 aromatic rings. The number of benzene rings is 1. The summed E-state index contributed by atoms with van der Waals surface area (Å²) in [4.78, 5) is 16.9. The van der Waals surface area contributed by atoms with Gasteiger partial charge in [-0.05, 0) is 37.1 Å². The van der Waals surface area contributed by atoms with Crippen LogP contribution in [0.25, 0.3) is 22.3 Å². The Morgan fingerprint density at radius 3 is 2.76 bits per heavy atom. The molecule has 10 nitrogen and oxygen atoms in total. The van der Waals surface area contributed by atoms with Gasteiger partial charge in [0.2, 0.25) is 5.88 Å². The fourth-order valence-electron chi connectivity index (χ4n) is 4.22. The third kappa shape index (κ3) is 4.02. The molecule has 1 saturated heterocycles. The number of phenolic OH excluding ortho intramolecular Hbond substituents is 1. The van der Waals surface area contributed by atoms with E-state index in [4.69, 9.17) is 10.5 Å². The van der Waals surface area contributed by atoms with Crippen molar-refractivity contribution in [1.29, 1.82) is 0 Å². The highest BCUT2D eigenvalue weighted by atomic mass is 16.5. The summed E-state index contributed by atoms with van der Waals surface area (Å²) in [5.74, 6) is 0.921. The van der Waals surface area contributed by atoms with E-state index in [-0.39, 0.29) is 18.4 Å². The Morgan fingerprint density at radius 1 is 1.15 bits per heavy atom. The summed E-state index contributed by atoms with van der Waals surface area (Å²) in [5, 5.41) is 23.3. The number of rotatable bonds is 6. The molecule has 0 unspecified atom stereocenters. The molecule has 0 spiro atoms. The molecule has 1 aliphatic heterocycles. The highest BCUT2D eigenvalue weighted by molar-refractivity contribution is 5.87. The lowest BCUT2D eigenvalue weighted by molar-refractivity contribution is -0.109. The number of carbonyl (C=O) groups is 1. The molecule has 1 aromatic carbocycles. The van der Waals surface area contributed by atoms with Crippen molar-refractivity contribution < 1.29 is 14.6 Å². The maximum Gasteiger partial charge on any atom is 0.215 e. The van der Waals surface area contributed by atoms with Crippen molar-refractivity contribution in [2.75, 3.05) is 30.3 Å². The fraction of sp³-hybridized carbons (Fsp3) is 0.261. The van der Waals surface area contributed by atoms with Crippen LogP contribution in [0.15, 0.2) is 48.7 Å². The predicted octanol–water partition coefficient (Wildman–Crippen LogP) is 2.60. The van der Waals surface area contributed by atoms with Gasteiger partial charge in [0.1, 0.15) is 12.4 Å².